The van der Waals surface area contributed by atoms with Crippen molar-refractivity contribution >= 4 is 0 Å². The first-order valence-electron chi connectivity index (χ1n) is 7.12. The van der Waals surface area contributed by atoms with Gasteiger partial charge < -0.3 is 9.47 Å². The Morgan fingerprint density at radius 3 is 2.76 bits per heavy atom. The van der Waals surface area contributed by atoms with Crippen molar-refractivity contribution in [2.45, 2.75) is 71.0 Å². The topological polar surface area (TPSA) is 18.5 Å². The smallest absolute Gasteiger partial charge is 0.157 e. The molecular weight excluding hydrogens is 212 g/mol. The van der Waals surface area contributed by atoms with Gasteiger partial charge >= 0.3 is 0 Å². The van der Waals surface area contributed by atoms with Crippen molar-refractivity contribution in [1.82, 2.24) is 0 Å². The Bertz CT molecular complexity index is 221. The Morgan fingerprint density at radius 1 is 1.12 bits per heavy atom. The molecule has 1 rings (SSSR count). The molecule has 0 aromatic carbocycles. The maximum Gasteiger partial charge on any atom is 0.157 e. The second-order valence-electron chi connectivity index (χ2n) is 4.54. The van der Waals surface area contributed by atoms with E-state index in [1.165, 1.54) is 32.1 Å². The van der Waals surface area contributed by atoms with Crippen LogP contribution in [0.15, 0.2) is 0 Å². The second kappa shape index (κ2) is 10.6. The largest absolute Gasteiger partial charge is 0.353 e. The molecule has 2 heteroatoms. The fourth-order valence-electron chi connectivity index (χ4n) is 1.94. The molecule has 1 heterocycles. The quantitative estimate of drug-likeness (QED) is 0.495. The van der Waals surface area contributed by atoms with Crippen LogP contribution in [0.25, 0.3) is 0 Å². The van der Waals surface area contributed by atoms with Gasteiger partial charge in [0.1, 0.15) is 0 Å². The third-order valence-corrected chi connectivity index (χ3v) is 2.94. The summed E-state index contributed by atoms with van der Waals surface area (Å²) >= 11 is 0. The van der Waals surface area contributed by atoms with Crippen molar-refractivity contribution in [1.29, 1.82) is 0 Å². The lowest BCUT2D eigenvalue weighted by molar-refractivity contribution is -0.162. The lowest BCUT2D eigenvalue weighted by Crippen LogP contribution is -2.22. The molecule has 0 aromatic rings. The Labute approximate surface area is 106 Å². The molecule has 0 bridgehead atoms. The van der Waals surface area contributed by atoms with E-state index in [1.54, 1.807) is 0 Å². The molecule has 98 valence electrons. The summed E-state index contributed by atoms with van der Waals surface area (Å²) in [6.45, 7) is 3.82. The van der Waals surface area contributed by atoms with E-state index in [2.05, 4.69) is 18.8 Å². The van der Waals surface area contributed by atoms with Crippen molar-refractivity contribution in [3.05, 3.63) is 0 Å². The number of hydrogen-bond donors (Lipinski definition) is 0. The molecule has 0 aliphatic carbocycles. The van der Waals surface area contributed by atoms with Gasteiger partial charge in [0.15, 0.2) is 6.29 Å². The molecule has 0 spiro atoms. The summed E-state index contributed by atoms with van der Waals surface area (Å²) < 4.78 is 11.2. The molecule has 1 aliphatic rings. The van der Waals surface area contributed by atoms with Crippen LogP contribution in [0.3, 0.4) is 0 Å². The summed E-state index contributed by atoms with van der Waals surface area (Å²) in [4.78, 5) is 0. The SMILES string of the molecule is CCC#CCCCCCCOC1CCCCO1. The van der Waals surface area contributed by atoms with Crippen LogP contribution >= 0.6 is 0 Å². The minimum absolute atomic E-state index is 0.0826. The van der Waals surface area contributed by atoms with Gasteiger partial charge in [0.25, 0.3) is 0 Å². The summed E-state index contributed by atoms with van der Waals surface area (Å²) in [6.07, 6.45) is 10.5. The first-order valence-corrected chi connectivity index (χ1v) is 7.12. The van der Waals surface area contributed by atoms with Gasteiger partial charge in [0, 0.05) is 26.1 Å². The molecule has 2 nitrogen and oxygen atoms in total. The predicted molar refractivity (Wildman–Crippen MR) is 70.7 cm³/mol. The first kappa shape index (κ1) is 14.5. The molecule has 17 heavy (non-hydrogen) atoms. The lowest BCUT2D eigenvalue weighted by atomic mass is 10.1. The van der Waals surface area contributed by atoms with Crippen molar-refractivity contribution < 1.29 is 9.47 Å². The summed E-state index contributed by atoms with van der Waals surface area (Å²) in [7, 11) is 0. The van der Waals surface area contributed by atoms with Crippen molar-refractivity contribution in [2.24, 2.45) is 0 Å². The zero-order valence-electron chi connectivity index (χ0n) is 11.2. The highest BCUT2D eigenvalue weighted by molar-refractivity contribution is 4.97. The Hall–Kier alpha value is -0.520. The first-order chi connectivity index (χ1) is 8.43. The van der Waals surface area contributed by atoms with Gasteiger partial charge in [-0.25, -0.2) is 0 Å². The number of unbranched alkanes of at least 4 members (excludes halogenated alkanes) is 4. The number of ether oxygens (including phenoxy) is 2. The molecule has 1 unspecified atom stereocenters. The van der Waals surface area contributed by atoms with Crippen LogP contribution in [-0.4, -0.2) is 19.5 Å². The average molecular weight is 238 g/mol. The lowest BCUT2D eigenvalue weighted by Gasteiger charge is -2.22. The van der Waals surface area contributed by atoms with Crippen LogP contribution in [0, 0.1) is 11.8 Å². The van der Waals surface area contributed by atoms with E-state index >= 15 is 0 Å². The zero-order valence-corrected chi connectivity index (χ0v) is 11.2. The number of rotatable bonds is 7. The van der Waals surface area contributed by atoms with Gasteiger partial charge in [0.2, 0.25) is 0 Å². The molecule has 1 saturated heterocycles. The van der Waals surface area contributed by atoms with E-state index in [-0.39, 0.29) is 6.29 Å². The summed E-state index contributed by atoms with van der Waals surface area (Å²) in [6, 6.07) is 0. The highest BCUT2D eigenvalue weighted by Gasteiger charge is 2.12. The van der Waals surface area contributed by atoms with Gasteiger partial charge in [0.05, 0.1) is 0 Å². The Morgan fingerprint density at radius 2 is 2.00 bits per heavy atom. The van der Waals surface area contributed by atoms with Gasteiger partial charge in [-0.1, -0.05) is 19.8 Å². The van der Waals surface area contributed by atoms with Gasteiger partial charge in [-0.2, -0.15) is 0 Å². The number of hydrogen-bond acceptors (Lipinski definition) is 2. The molecule has 0 amide bonds. The van der Waals surface area contributed by atoms with Crippen LogP contribution in [0.2, 0.25) is 0 Å². The van der Waals surface area contributed by atoms with E-state index in [4.69, 9.17) is 9.47 Å². The molecule has 1 aliphatic heterocycles. The third-order valence-electron chi connectivity index (χ3n) is 2.94. The predicted octanol–water partition coefficient (Wildman–Crippen LogP) is 3.89. The van der Waals surface area contributed by atoms with E-state index in [0.717, 1.165) is 38.9 Å². The Kier molecular flexibility index (Phi) is 9.09. The van der Waals surface area contributed by atoms with Crippen LogP contribution in [0.1, 0.15) is 64.7 Å². The molecule has 1 fully saturated rings. The van der Waals surface area contributed by atoms with E-state index in [1.807, 2.05) is 0 Å². The molecule has 0 N–H and O–H groups in total. The van der Waals surface area contributed by atoms with Gasteiger partial charge in [-0.05, 0) is 32.1 Å². The maximum atomic E-state index is 5.68. The van der Waals surface area contributed by atoms with Gasteiger partial charge in [-0.15, -0.1) is 11.8 Å². The fraction of sp³-hybridized carbons (Fsp3) is 0.867. The van der Waals surface area contributed by atoms with Gasteiger partial charge in [-0.3, -0.25) is 0 Å². The summed E-state index contributed by atoms with van der Waals surface area (Å²) in [5.41, 5.74) is 0. The van der Waals surface area contributed by atoms with Crippen molar-refractivity contribution in [3.8, 4) is 11.8 Å². The van der Waals surface area contributed by atoms with E-state index < -0.39 is 0 Å². The fourth-order valence-corrected chi connectivity index (χ4v) is 1.94. The molecular formula is C15H26O2. The van der Waals surface area contributed by atoms with Crippen LogP contribution in [0.4, 0.5) is 0 Å². The second-order valence-corrected chi connectivity index (χ2v) is 4.54. The molecule has 1 atom stereocenters. The average Bonchev–Trinajstić information content (AvgIpc) is 2.38. The van der Waals surface area contributed by atoms with Crippen LogP contribution < -0.4 is 0 Å². The standard InChI is InChI=1S/C15H26O2/c1-2-3-4-5-6-7-8-10-13-16-15-12-9-11-14-17-15/h15H,2,5-14H2,1H3. The van der Waals surface area contributed by atoms with E-state index in [0.29, 0.717) is 0 Å². The molecule has 0 aromatic heterocycles. The molecule has 0 radical (unpaired) electrons. The Balaban J connectivity index is 1.80. The summed E-state index contributed by atoms with van der Waals surface area (Å²) in [5, 5.41) is 0. The minimum atomic E-state index is 0.0826. The normalized spacial score (nSPS) is 19.7. The highest BCUT2D eigenvalue weighted by Crippen LogP contribution is 2.14. The highest BCUT2D eigenvalue weighted by atomic mass is 16.7. The maximum absolute atomic E-state index is 5.68. The van der Waals surface area contributed by atoms with E-state index in [9.17, 15) is 0 Å². The zero-order chi connectivity index (χ0) is 12.2. The summed E-state index contributed by atoms with van der Waals surface area (Å²) in [5.74, 6) is 6.28. The molecule has 0 saturated carbocycles. The monoisotopic (exact) mass is 238 g/mol. The van der Waals surface area contributed by atoms with Crippen LogP contribution in [0.5, 0.6) is 0 Å². The third kappa shape index (κ3) is 8.24. The minimum Gasteiger partial charge on any atom is -0.353 e. The van der Waals surface area contributed by atoms with Crippen molar-refractivity contribution in [2.75, 3.05) is 13.2 Å². The van der Waals surface area contributed by atoms with Crippen molar-refractivity contribution in [3.63, 3.8) is 0 Å². The van der Waals surface area contributed by atoms with Crippen LogP contribution in [-0.2, 0) is 9.47 Å².